The number of carbonyl (C=O) groups excluding carboxylic acids is 1. The summed E-state index contributed by atoms with van der Waals surface area (Å²) < 4.78 is 6.45. The Labute approximate surface area is 173 Å². The van der Waals surface area contributed by atoms with Crippen LogP contribution in [0.5, 0.6) is 0 Å². The van der Waals surface area contributed by atoms with E-state index < -0.39 is 0 Å². The minimum atomic E-state index is -0.0380. The molecule has 7 heteroatoms. The van der Waals surface area contributed by atoms with Crippen LogP contribution in [0, 0.1) is 0 Å². The maximum Gasteiger partial charge on any atom is 0.251 e. The molecule has 1 aliphatic rings. The molecule has 146 valence electrons. The fraction of sp³-hybridized carbons (Fsp3) is 0.333. The largest absolute Gasteiger partial charge is 0.378 e. The Morgan fingerprint density at radius 3 is 2.75 bits per heavy atom. The highest BCUT2D eigenvalue weighted by molar-refractivity contribution is 7.98. The molecule has 0 saturated carbocycles. The second-order valence-electron chi connectivity index (χ2n) is 6.63. The first-order valence-corrected chi connectivity index (χ1v) is 11.4. The van der Waals surface area contributed by atoms with Gasteiger partial charge in [0.15, 0.2) is 5.13 Å². The van der Waals surface area contributed by atoms with Crippen LogP contribution < -0.4 is 10.2 Å². The highest BCUT2D eigenvalue weighted by Gasteiger charge is 2.16. The number of ether oxygens (including phenoxy) is 1. The van der Waals surface area contributed by atoms with Crippen molar-refractivity contribution in [3.8, 4) is 0 Å². The molecule has 1 aliphatic heterocycles. The van der Waals surface area contributed by atoms with E-state index in [9.17, 15) is 4.79 Å². The molecule has 5 nitrogen and oxygen atoms in total. The molecule has 1 aromatic heterocycles. The molecule has 0 aliphatic carbocycles. The zero-order chi connectivity index (χ0) is 19.3. The zero-order valence-corrected chi connectivity index (χ0v) is 17.4. The molecule has 2 heterocycles. The van der Waals surface area contributed by atoms with E-state index in [0.717, 1.165) is 48.1 Å². The van der Waals surface area contributed by atoms with Crippen LogP contribution in [0.15, 0.2) is 47.4 Å². The summed E-state index contributed by atoms with van der Waals surface area (Å²) in [5.74, 6) is -0.0380. The fourth-order valence-corrected chi connectivity index (χ4v) is 4.62. The van der Waals surface area contributed by atoms with Crippen LogP contribution in [0.1, 0.15) is 15.9 Å². The Bertz CT molecular complexity index is 950. The predicted octanol–water partition coefficient (Wildman–Crippen LogP) is 3.83. The third kappa shape index (κ3) is 4.48. The minimum absolute atomic E-state index is 0.0380. The molecule has 2 aromatic carbocycles. The van der Waals surface area contributed by atoms with Crippen LogP contribution in [-0.2, 0) is 11.2 Å². The van der Waals surface area contributed by atoms with Crippen molar-refractivity contribution in [2.75, 3.05) is 44.0 Å². The van der Waals surface area contributed by atoms with Gasteiger partial charge < -0.3 is 15.0 Å². The lowest BCUT2D eigenvalue weighted by Gasteiger charge is -2.25. The summed E-state index contributed by atoms with van der Waals surface area (Å²) >= 11 is 3.37. The lowest BCUT2D eigenvalue weighted by atomic mass is 10.1. The number of thiazole rings is 1. The maximum absolute atomic E-state index is 12.5. The summed E-state index contributed by atoms with van der Waals surface area (Å²) in [4.78, 5) is 20.7. The van der Waals surface area contributed by atoms with Gasteiger partial charge in [-0.15, -0.1) is 11.8 Å². The van der Waals surface area contributed by atoms with Gasteiger partial charge >= 0.3 is 0 Å². The fourth-order valence-electron chi connectivity index (χ4n) is 3.16. The Kier molecular flexibility index (Phi) is 6.14. The Balaban J connectivity index is 1.37. The average molecular weight is 414 g/mol. The molecule has 1 fully saturated rings. The van der Waals surface area contributed by atoms with Gasteiger partial charge in [-0.1, -0.05) is 23.5 Å². The molecule has 1 N–H and O–H groups in total. The van der Waals surface area contributed by atoms with Crippen molar-refractivity contribution in [3.05, 3.63) is 53.6 Å². The normalized spacial score (nSPS) is 14.4. The van der Waals surface area contributed by atoms with E-state index in [-0.39, 0.29) is 5.91 Å². The lowest BCUT2D eigenvalue weighted by molar-refractivity contribution is 0.0954. The van der Waals surface area contributed by atoms with Crippen molar-refractivity contribution in [1.29, 1.82) is 0 Å². The summed E-state index contributed by atoms with van der Waals surface area (Å²) in [6.45, 7) is 3.83. The summed E-state index contributed by atoms with van der Waals surface area (Å²) in [6.07, 6.45) is 2.89. The van der Waals surface area contributed by atoms with E-state index in [0.29, 0.717) is 12.1 Å². The number of hydrogen-bond donors (Lipinski definition) is 1. The molecular formula is C21H23N3O2S2. The first-order chi connectivity index (χ1) is 13.7. The number of anilines is 1. The number of thioether (sulfide) groups is 1. The summed E-state index contributed by atoms with van der Waals surface area (Å²) in [5.41, 5.74) is 2.85. The SMILES string of the molecule is CSc1ccc(CCNC(=O)c2ccc3nc(N4CCOCC4)sc3c2)cc1. The molecule has 1 amide bonds. The first kappa shape index (κ1) is 19.2. The third-order valence-electron chi connectivity index (χ3n) is 4.78. The monoisotopic (exact) mass is 413 g/mol. The topological polar surface area (TPSA) is 54.5 Å². The first-order valence-electron chi connectivity index (χ1n) is 9.37. The Hall–Kier alpha value is -2.09. The second-order valence-corrected chi connectivity index (χ2v) is 8.52. The number of benzene rings is 2. The van der Waals surface area contributed by atoms with E-state index in [1.165, 1.54) is 10.5 Å². The molecule has 28 heavy (non-hydrogen) atoms. The number of fused-ring (bicyclic) bond motifs is 1. The smallest absolute Gasteiger partial charge is 0.251 e. The molecule has 0 radical (unpaired) electrons. The number of morpholine rings is 1. The van der Waals surface area contributed by atoms with Crippen LogP contribution in [-0.4, -0.2) is 50.0 Å². The van der Waals surface area contributed by atoms with Crippen LogP contribution >= 0.6 is 23.1 Å². The molecule has 4 rings (SSSR count). The number of carbonyl (C=O) groups is 1. The van der Waals surface area contributed by atoms with Gasteiger partial charge in [0, 0.05) is 30.1 Å². The zero-order valence-electron chi connectivity index (χ0n) is 15.8. The third-order valence-corrected chi connectivity index (χ3v) is 6.60. The van der Waals surface area contributed by atoms with Gasteiger partial charge in [0.25, 0.3) is 5.91 Å². The average Bonchev–Trinajstić information content (AvgIpc) is 3.18. The highest BCUT2D eigenvalue weighted by atomic mass is 32.2. The van der Waals surface area contributed by atoms with E-state index >= 15 is 0 Å². The van der Waals surface area contributed by atoms with Crippen molar-refractivity contribution in [3.63, 3.8) is 0 Å². The highest BCUT2D eigenvalue weighted by Crippen LogP contribution is 2.30. The van der Waals surface area contributed by atoms with Crippen LogP contribution in [0.2, 0.25) is 0 Å². The lowest BCUT2D eigenvalue weighted by Crippen LogP contribution is -2.36. The van der Waals surface area contributed by atoms with Gasteiger partial charge in [-0.2, -0.15) is 0 Å². The van der Waals surface area contributed by atoms with E-state index in [2.05, 4.69) is 40.7 Å². The van der Waals surface area contributed by atoms with E-state index in [1.54, 1.807) is 23.1 Å². The quantitative estimate of drug-likeness (QED) is 0.623. The molecule has 0 bridgehead atoms. The molecule has 0 atom stereocenters. The number of nitrogens with zero attached hydrogens (tertiary/aromatic N) is 2. The van der Waals surface area contributed by atoms with Crippen LogP contribution in [0.25, 0.3) is 10.2 Å². The number of amides is 1. The van der Waals surface area contributed by atoms with Gasteiger partial charge in [-0.3, -0.25) is 4.79 Å². The molecule has 0 spiro atoms. The van der Waals surface area contributed by atoms with Crippen molar-refractivity contribution in [1.82, 2.24) is 10.3 Å². The summed E-state index contributed by atoms with van der Waals surface area (Å²) in [6, 6.07) is 14.2. The summed E-state index contributed by atoms with van der Waals surface area (Å²) in [7, 11) is 0. The second kappa shape index (κ2) is 8.94. The Morgan fingerprint density at radius 1 is 1.21 bits per heavy atom. The van der Waals surface area contributed by atoms with Gasteiger partial charge in [0.1, 0.15) is 0 Å². The van der Waals surface area contributed by atoms with Crippen molar-refractivity contribution < 1.29 is 9.53 Å². The van der Waals surface area contributed by atoms with Crippen molar-refractivity contribution >= 4 is 44.4 Å². The van der Waals surface area contributed by atoms with Crippen molar-refractivity contribution in [2.45, 2.75) is 11.3 Å². The Morgan fingerprint density at radius 2 is 2.00 bits per heavy atom. The maximum atomic E-state index is 12.5. The number of rotatable bonds is 6. The van der Waals surface area contributed by atoms with Gasteiger partial charge in [-0.25, -0.2) is 4.98 Å². The van der Waals surface area contributed by atoms with Crippen LogP contribution in [0.4, 0.5) is 5.13 Å². The number of aromatic nitrogens is 1. The van der Waals surface area contributed by atoms with Gasteiger partial charge in [-0.05, 0) is 48.6 Å². The number of hydrogen-bond acceptors (Lipinski definition) is 6. The molecular weight excluding hydrogens is 390 g/mol. The molecule has 1 saturated heterocycles. The van der Waals surface area contributed by atoms with E-state index in [4.69, 9.17) is 9.72 Å². The standard InChI is InChI=1S/C21H23N3O2S2/c1-27-17-5-2-15(3-6-17)8-9-22-20(25)16-4-7-18-19(14-16)28-21(23-18)24-10-12-26-13-11-24/h2-7,14H,8-13H2,1H3,(H,22,25). The number of nitrogens with one attached hydrogen (secondary N) is 1. The molecule has 0 unspecified atom stereocenters. The minimum Gasteiger partial charge on any atom is -0.378 e. The van der Waals surface area contributed by atoms with Crippen molar-refractivity contribution in [2.24, 2.45) is 0 Å². The predicted molar refractivity (Wildman–Crippen MR) is 117 cm³/mol. The van der Waals surface area contributed by atoms with E-state index in [1.807, 2.05) is 18.2 Å². The van der Waals surface area contributed by atoms with Crippen LogP contribution in [0.3, 0.4) is 0 Å². The molecule has 3 aromatic rings. The van der Waals surface area contributed by atoms with Gasteiger partial charge in [0.05, 0.1) is 23.4 Å². The van der Waals surface area contributed by atoms with Gasteiger partial charge in [0.2, 0.25) is 0 Å². The summed E-state index contributed by atoms with van der Waals surface area (Å²) in [5, 5.41) is 4.03.